The molecule has 0 aliphatic rings. The fourth-order valence-corrected chi connectivity index (χ4v) is 0.426. The number of rotatable bonds is 0. The summed E-state index contributed by atoms with van der Waals surface area (Å²) in [4.78, 5) is 3.85. The molecule has 44 valence electrons. The Hall–Kier alpha value is -0.890. The zero-order chi connectivity index (χ0) is 5.11. The van der Waals surface area contributed by atoms with Crippen molar-refractivity contribution in [1.29, 1.82) is 0 Å². The lowest BCUT2D eigenvalue weighted by atomic mass is 10.3. The zero-order valence-corrected chi connectivity index (χ0v) is 4.96. The average molecular weight is 110 g/mol. The second-order valence-corrected chi connectivity index (χ2v) is 1.52. The molecule has 2 nitrogen and oxygen atoms in total. The zero-order valence-electron chi connectivity index (χ0n) is 4.96. The van der Waals surface area contributed by atoms with Crippen molar-refractivity contribution < 1.29 is 0 Å². The number of aryl methyl sites for hydroxylation is 1. The largest absolute Gasteiger partial charge is 0.344 e. The Morgan fingerprint density at radius 3 is 2.00 bits per heavy atom. The number of aromatic nitrogens is 1. The molecule has 0 unspecified atom stereocenters. The molecule has 0 amide bonds. The molecule has 1 aromatic rings. The van der Waals surface area contributed by atoms with Crippen molar-refractivity contribution in [2.45, 2.75) is 6.92 Å². The monoisotopic (exact) mass is 110 g/mol. The van der Waals surface area contributed by atoms with Crippen LogP contribution in [-0.4, -0.2) is 4.98 Å². The van der Waals surface area contributed by atoms with Gasteiger partial charge in [0.05, 0.1) is 0 Å². The lowest BCUT2D eigenvalue weighted by Gasteiger charge is -1.82. The third-order valence-corrected chi connectivity index (χ3v) is 0.847. The van der Waals surface area contributed by atoms with E-state index in [0.717, 1.165) is 0 Å². The molecule has 0 bridgehead atoms. The summed E-state index contributed by atoms with van der Waals surface area (Å²) in [5.41, 5.74) is 1.26. The van der Waals surface area contributed by atoms with Crippen LogP contribution in [-0.2, 0) is 0 Å². The normalized spacial score (nSPS) is 7.62. The van der Waals surface area contributed by atoms with Crippen LogP contribution < -0.4 is 6.15 Å². The van der Waals surface area contributed by atoms with E-state index in [1.54, 1.807) is 12.4 Å². The van der Waals surface area contributed by atoms with E-state index in [1.165, 1.54) is 5.56 Å². The third kappa shape index (κ3) is 1.71. The molecule has 0 atom stereocenters. The van der Waals surface area contributed by atoms with E-state index in [-0.39, 0.29) is 6.15 Å². The van der Waals surface area contributed by atoms with Crippen molar-refractivity contribution in [2.75, 3.05) is 0 Å². The summed E-state index contributed by atoms with van der Waals surface area (Å²) in [5.74, 6) is 0. The van der Waals surface area contributed by atoms with Crippen LogP contribution >= 0.6 is 0 Å². The van der Waals surface area contributed by atoms with E-state index in [0.29, 0.717) is 0 Å². The average Bonchev–Trinajstić information content (AvgIpc) is 1.69. The van der Waals surface area contributed by atoms with Crippen LogP contribution in [0.1, 0.15) is 5.56 Å². The van der Waals surface area contributed by atoms with Crippen molar-refractivity contribution in [3.63, 3.8) is 0 Å². The maximum Gasteiger partial charge on any atom is 0.0270 e. The second kappa shape index (κ2) is 3.16. The first kappa shape index (κ1) is 7.11. The predicted octanol–water partition coefficient (Wildman–Crippen LogP) is 1.55. The fourth-order valence-electron chi connectivity index (χ4n) is 0.426. The molecule has 2 heteroatoms. The van der Waals surface area contributed by atoms with Crippen LogP contribution in [0.5, 0.6) is 0 Å². The number of pyridine rings is 1. The minimum absolute atomic E-state index is 0. The molecule has 0 aliphatic carbocycles. The molecule has 0 saturated carbocycles. The van der Waals surface area contributed by atoms with Crippen LogP contribution in [0.2, 0.25) is 0 Å². The molecule has 0 fully saturated rings. The first-order chi connectivity index (χ1) is 3.39. The molecule has 0 saturated heterocycles. The third-order valence-electron chi connectivity index (χ3n) is 0.847. The van der Waals surface area contributed by atoms with Crippen LogP contribution in [0.15, 0.2) is 24.5 Å². The summed E-state index contributed by atoms with van der Waals surface area (Å²) in [5, 5.41) is 0. The van der Waals surface area contributed by atoms with Gasteiger partial charge in [-0.3, -0.25) is 4.98 Å². The molecule has 1 heterocycles. The molecule has 1 rings (SSSR count). The number of nitrogens with zero attached hydrogens (tertiary/aromatic N) is 1. The van der Waals surface area contributed by atoms with Gasteiger partial charge in [0.25, 0.3) is 0 Å². The molecule has 0 radical (unpaired) electrons. The van der Waals surface area contributed by atoms with Gasteiger partial charge in [0.2, 0.25) is 0 Å². The van der Waals surface area contributed by atoms with Crippen LogP contribution in [0.4, 0.5) is 0 Å². The Kier molecular flexibility index (Phi) is 2.80. The quantitative estimate of drug-likeness (QED) is 0.550. The summed E-state index contributed by atoms with van der Waals surface area (Å²) >= 11 is 0. The Balaban J connectivity index is 0.000000490. The Labute approximate surface area is 49.2 Å². The van der Waals surface area contributed by atoms with Gasteiger partial charge < -0.3 is 6.15 Å². The highest BCUT2D eigenvalue weighted by atomic mass is 14.6. The van der Waals surface area contributed by atoms with Crippen LogP contribution in [0.3, 0.4) is 0 Å². The maximum absolute atomic E-state index is 3.85. The lowest BCUT2D eigenvalue weighted by molar-refractivity contribution is 1.29. The molecular weight excluding hydrogens is 100 g/mol. The molecule has 0 aromatic carbocycles. The van der Waals surface area contributed by atoms with Gasteiger partial charge in [0.1, 0.15) is 0 Å². The molecule has 1 aromatic heterocycles. The van der Waals surface area contributed by atoms with Gasteiger partial charge in [0.15, 0.2) is 0 Å². The minimum atomic E-state index is 0. The van der Waals surface area contributed by atoms with Gasteiger partial charge in [-0.05, 0) is 24.6 Å². The minimum Gasteiger partial charge on any atom is -0.344 e. The van der Waals surface area contributed by atoms with E-state index in [9.17, 15) is 0 Å². The first-order valence-corrected chi connectivity index (χ1v) is 2.26. The van der Waals surface area contributed by atoms with Crippen LogP contribution in [0.25, 0.3) is 0 Å². The highest BCUT2D eigenvalue weighted by Gasteiger charge is 1.72. The standard InChI is InChI=1S/C6H7N.H3N/c1-6-2-4-7-5-3-6;/h2-5H,1H3;1H3. The topological polar surface area (TPSA) is 47.9 Å². The molecule has 0 aliphatic heterocycles. The Bertz CT molecular complexity index is 136. The van der Waals surface area contributed by atoms with Gasteiger partial charge in [-0.15, -0.1) is 0 Å². The Morgan fingerprint density at radius 2 is 1.75 bits per heavy atom. The van der Waals surface area contributed by atoms with Crippen molar-refractivity contribution in [1.82, 2.24) is 11.1 Å². The van der Waals surface area contributed by atoms with E-state index >= 15 is 0 Å². The summed E-state index contributed by atoms with van der Waals surface area (Å²) < 4.78 is 0. The van der Waals surface area contributed by atoms with Gasteiger partial charge in [0, 0.05) is 12.4 Å². The van der Waals surface area contributed by atoms with E-state index in [4.69, 9.17) is 0 Å². The fraction of sp³-hybridized carbons (Fsp3) is 0.167. The number of hydrogen-bond donors (Lipinski definition) is 1. The van der Waals surface area contributed by atoms with Gasteiger partial charge in [-0.2, -0.15) is 0 Å². The summed E-state index contributed by atoms with van der Waals surface area (Å²) in [6.07, 6.45) is 3.57. The SMILES string of the molecule is Cc1ccncc1.N. The molecular formula is C6H10N2. The molecule has 0 spiro atoms. The second-order valence-electron chi connectivity index (χ2n) is 1.52. The highest BCUT2D eigenvalue weighted by molar-refractivity contribution is 5.05. The summed E-state index contributed by atoms with van der Waals surface area (Å²) in [7, 11) is 0. The first-order valence-electron chi connectivity index (χ1n) is 2.26. The van der Waals surface area contributed by atoms with Crippen molar-refractivity contribution in [2.24, 2.45) is 0 Å². The maximum atomic E-state index is 3.85. The van der Waals surface area contributed by atoms with E-state index in [2.05, 4.69) is 4.98 Å². The molecule has 8 heavy (non-hydrogen) atoms. The summed E-state index contributed by atoms with van der Waals surface area (Å²) in [6.45, 7) is 2.04. The van der Waals surface area contributed by atoms with Crippen LogP contribution in [0, 0.1) is 6.92 Å². The van der Waals surface area contributed by atoms with Crippen molar-refractivity contribution in [3.8, 4) is 0 Å². The van der Waals surface area contributed by atoms with Gasteiger partial charge in [-0.25, -0.2) is 0 Å². The van der Waals surface area contributed by atoms with E-state index in [1.807, 2.05) is 19.1 Å². The smallest absolute Gasteiger partial charge is 0.0270 e. The summed E-state index contributed by atoms with van der Waals surface area (Å²) in [6, 6.07) is 3.94. The van der Waals surface area contributed by atoms with Gasteiger partial charge >= 0.3 is 0 Å². The van der Waals surface area contributed by atoms with Crippen molar-refractivity contribution >= 4 is 0 Å². The van der Waals surface area contributed by atoms with Crippen molar-refractivity contribution in [3.05, 3.63) is 30.1 Å². The van der Waals surface area contributed by atoms with E-state index < -0.39 is 0 Å². The van der Waals surface area contributed by atoms with Gasteiger partial charge in [-0.1, -0.05) is 0 Å². The Morgan fingerprint density at radius 1 is 1.25 bits per heavy atom. The highest BCUT2D eigenvalue weighted by Crippen LogP contribution is 1.88. The molecule has 3 N–H and O–H groups in total. The predicted molar refractivity (Wildman–Crippen MR) is 34.0 cm³/mol. The lowest BCUT2D eigenvalue weighted by Crippen LogP contribution is -1.68. The number of hydrogen-bond acceptors (Lipinski definition) is 2.